The number of carbonyl (C=O) groups is 2. The maximum Gasteiger partial charge on any atom is 0.226 e. The summed E-state index contributed by atoms with van der Waals surface area (Å²) >= 11 is 10.4. The Kier molecular flexibility index (Phi) is 7.78. The van der Waals surface area contributed by atoms with Crippen LogP contribution in [-0.4, -0.2) is 22.7 Å². The van der Waals surface area contributed by atoms with Crippen molar-refractivity contribution < 1.29 is 9.59 Å². The van der Waals surface area contributed by atoms with Crippen LogP contribution in [0.5, 0.6) is 0 Å². The molecule has 0 aliphatic heterocycles. The lowest BCUT2D eigenvalue weighted by Gasteiger charge is -2.15. The number of amides is 1. The van der Waals surface area contributed by atoms with Crippen molar-refractivity contribution in [1.29, 1.82) is 0 Å². The summed E-state index contributed by atoms with van der Waals surface area (Å²) in [5, 5.41) is 2.59. The molecule has 36 heavy (non-hydrogen) atoms. The first kappa shape index (κ1) is 25.4. The molecule has 4 aliphatic rings. The predicted octanol–water partition coefficient (Wildman–Crippen LogP) is 4.58. The van der Waals surface area contributed by atoms with Gasteiger partial charge in [0.25, 0.3) is 0 Å². The fourth-order valence-corrected chi connectivity index (χ4v) is 7.05. The molecule has 0 bridgehead atoms. The number of nitrogens with two attached hydrogens (primary N) is 1. The molecule has 0 atom stereocenters. The van der Waals surface area contributed by atoms with Crippen LogP contribution in [0.4, 0.5) is 0 Å². The molecular weight excluding hydrogens is 488 g/mol. The average molecular weight is 523 g/mol. The summed E-state index contributed by atoms with van der Waals surface area (Å²) in [7, 11) is 0. The van der Waals surface area contributed by atoms with E-state index >= 15 is 0 Å². The highest BCUT2D eigenvalue weighted by molar-refractivity contribution is 7.80. The zero-order valence-corrected chi connectivity index (χ0v) is 22.5. The highest BCUT2D eigenvalue weighted by atomic mass is 35.5. The van der Waals surface area contributed by atoms with E-state index in [0.29, 0.717) is 24.4 Å². The Morgan fingerprint density at radius 1 is 0.722 bits per heavy atom. The van der Waals surface area contributed by atoms with Gasteiger partial charge in [0, 0.05) is 6.42 Å². The van der Waals surface area contributed by atoms with Crippen molar-refractivity contribution in [1.82, 2.24) is 5.32 Å². The molecule has 2 aromatic carbocycles. The second-order valence-electron chi connectivity index (χ2n) is 10.6. The molecule has 4 aliphatic carbocycles. The third kappa shape index (κ3) is 5.38. The molecule has 0 spiro atoms. The van der Waals surface area contributed by atoms with Crippen molar-refractivity contribution in [3.8, 4) is 0 Å². The summed E-state index contributed by atoms with van der Waals surface area (Å²) in [6, 6.07) is 4.77. The van der Waals surface area contributed by atoms with E-state index in [0.717, 1.165) is 25.7 Å². The van der Waals surface area contributed by atoms with E-state index in [1.54, 1.807) is 0 Å². The number of carbonyl (C=O) groups excluding carboxylic acids is 2. The molecule has 0 saturated carbocycles. The number of nitrogens with one attached hydrogen (secondary N) is 1. The molecule has 3 N–H and O–H groups in total. The topological polar surface area (TPSA) is 72.2 Å². The Morgan fingerprint density at radius 3 is 1.47 bits per heavy atom. The molecule has 0 saturated heterocycles. The van der Waals surface area contributed by atoms with Crippen LogP contribution in [0, 0.1) is 0 Å². The molecule has 6 heteroatoms. The normalized spacial score (nSPS) is 16.5. The number of hydrogen-bond acceptors (Lipinski definition) is 3. The van der Waals surface area contributed by atoms with Crippen molar-refractivity contribution >= 4 is 40.0 Å². The number of benzene rings is 2. The maximum atomic E-state index is 12.1. The number of hydrogen-bond donors (Lipinski definition) is 2. The summed E-state index contributed by atoms with van der Waals surface area (Å²) in [6.07, 6.45) is 15.1. The van der Waals surface area contributed by atoms with Crippen LogP contribution in [0.3, 0.4) is 0 Å². The van der Waals surface area contributed by atoms with Crippen LogP contribution in [0.2, 0.25) is 0 Å². The highest BCUT2D eigenvalue weighted by Gasteiger charge is 2.26. The van der Waals surface area contributed by atoms with Crippen LogP contribution in [0.1, 0.15) is 81.3 Å². The molecule has 1 amide bonds. The van der Waals surface area contributed by atoms with E-state index in [2.05, 4.69) is 17.4 Å². The molecule has 6 rings (SSSR count). The van der Waals surface area contributed by atoms with Gasteiger partial charge >= 0.3 is 0 Å². The third-order valence-corrected chi connectivity index (χ3v) is 8.59. The number of rotatable bonds is 6. The van der Waals surface area contributed by atoms with Gasteiger partial charge in [0.15, 0.2) is 0 Å². The van der Waals surface area contributed by atoms with Crippen LogP contribution < -0.4 is 11.1 Å². The second-order valence-corrected chi connectivity index (χ2v) is 11.6. The summed E-state index contributed by atoms with van der Waals surface area (Å²) in [6.45, 7) is 0.297. The molecule has 0 heterocycles. The first-order chi connectivity index (χ1) is 17.4. The first-order valence-corrected chi connectivity index (χ1v) is 14.2. The summed E-state index contributed by atoms with van der Waals surface area (Å²) in [4.78, 5) is 23.6. The van der Waals surface area contributed by atoms with Crippen molar-refractivity contribution in [2.75, 3.05) is 6.54 Å². The summed E-state index contributed by atoms with van der Waals surface area (Å²) < 4.78 is 0. The van der Waals surface area contributed by atoms with Gasteiger partial charge in [0.1, 0.15) is 0 Å². The fraction of sp³-hybridized carbons (Fsp3) is 0.500. The Morgan fingerprint density at radius 2 is 1.11 bits per heavy atom. The Hall–Kier alpha value is -2.24. The minimum Gasteiger partial charge on any atom is -0.392 e. The van der Waals surface area contributed by atoms with E-state index in [1.165, 1.54) is 107 Å². The fourth-order valence-electron chi connectivity index (χ4n) is 6.84. The van der Waals surface area contributed by atoms with Gasteiger partial charge in [0.2, 0.25) is 11.1 Å². The summed E-state index contributed by atoms with van der Waals surface area (Å²) in [5.41, 5.74) is 19.7. The highest BCUT2D eigenvalue weighted by Crippen LogP contribution is 2.36. The Bertz CT molecular complexity index is 1170. The van der Waals surface area contributed by atoms with Crippen LogP contribution >= 0.6 is 23.8 Å². The standard InChI is InChI=1S/C16H20N2OS.C14H15ClO/c17-15(20)9-18-16(19)8-14-12-5-1-3-10(12)7-11-4-2-6-13(11)14;15-14(16)8-13-11-5-1-3-9(11)7-10-4-2-6-12(10)13/h7H,1-6,8-9H2,(H2,17,20)(H,18,19);7H,1-6,8H2. The quantitative estimate of drug-likeness (QED) is 0.430. The number of halogens is 1. The zero-order chi connectivity index (χ0) is 25.2. The Balaban J connectivity index is 0.000000152. The van der Waals surface area contributed by atoms with Gasteiger partial charge in [-0.15, -0.1) is 0 Å². The number of fused-ring (bicyclic) bond motifs is 4. The summed E-state index contributed by atoms with van der Waals surface area (Å²) in [5.74, 6) is 0.0344. The van der Waals surface area contributed by atoms with E-state index < -0.39 is 0 Å². The van der Waals surface area contributed by atoms with Gasteiger partial charge in [0.05, 0.1) is 18.0 Å². The molecule has 0 radical (unpaired) electrons. The van der Waals surface area contributed by atoms with Crippen LogP contribution in [0.15, 0.2) is 12.1 Å². The maximum absolute atomic E-state index is 12.1. The first-order valence-electron chi connectivity index (χ1n) is 13.4. The van der Waals surface area contributed by atoms with E-state index in [-0.39, 0.29) is 11.1 Å². The van der Waals surface area contributed by atoms with E-state index in [4.69, 9.17) is 29.6 Å². The third-order valence-electron chi connectivity index (χ3n) is 8.31. The van der Waals surface area contributed by atoms with Crippen molar-refractivity contribution in [3.05, 3.63) is 67.8 Å². The van der Waals surface area contributed by atoms with Gasteiger partial charge in [-0.3, -0.25) is 9.59 Å². The van der Waals surface area contributed by atoms with Gasteiger partial charge in [-0.2, -0.15) is 0 Å². The second kappa shape index (κ2) is 11.0. The van der Waals surface area contributed by atoms with Gasteiger partial charge in [-0.25, -0.2) is 0 Å². The lowest BCUT2D eigenvalue weighted by Crippen LogP contribution is -2.33. The SMILES string of the molecule is NC(=S)CNC(=O)Cc1c2c(cc3c1CCC3)CCC2.O=C(Cl)Cc1c2c(cc3c1CCC3)CCC2. The smallest absolute Gasteiger partial charge is 0.226 e. The van der Waals surface area contributed by atoms with Crippen molar-refractivity contribution in [2.45, 2.75) is 89.9 Å². The minimum atomic E-state index is -0.214. The molecule has 190 valence electrons. The number of aryl methyl sites for hydroxylation is 4. The Labute approximate surface area is 224 Å². The van der Waals surface area contributed by atoms with Crippen molar-refractivity contribution in [3.63, 3.8) is 0 Å². The molecule has 0 fully saturated rings. The van der Waals surface area contributed by atoms with Crippen LogP contribution in [-0.2, 0) is 73.8 Å². The lowest BCUT2D eigenvalue weighted by molar-refractivity contribution is -0.120. The van der Waals surface area contributed by atoms with Gasteiger partial charge in [-0.05, 0) is 144 Å². The monoisotopic (exact) mass is 522 g/mol. The van der Waals surface area contributed by atoms with Gasteiger partial charge < -0.3 is 11.1 Å². The largest absolute Gasteiger partial charge is 0.392 e. The minimum absolute atomic E-state index is 0.0344. The molecular formula is C30H35ClN2O2S. The zero-order valence-electron chi connectivity index (χ0n) is 20.9. The van der Waals surface area contributed by atoms with E-state index in [1.807, 2.05) is 0 Å². The number of thiocarbonyl (C=S) groups is 1. The van der Waals surface area contributed by atoms with Crippen molar-refractivity contribution in [2.24, 2.45) is 5.73 Å². The molecule has 0 aromatic heterocycles. The lowest BCUT2D eigenvalue weighted by atomic mass is 9.92. The average Bonchev–Trinajstić information content (AvgIpc) is 3.63. The van der Waals surface area contributed by atoms with Gasteiger partial charge in [-0.1, -0.05) is 24.4 Å². The molecule has 0 unspecified atom stereocenters. The van der Waals surface area contributed by atoms with Crippen LogP contribution in [0.25, 0.3) is 0 Å². The predicted molar refractivity (Wildman–Crippen MR) is 149 cm³/mol. The van der Waals surface area contributed by atoms with E-state index in [9.17, 15) is 9.59 Å². The molecule has 2 aromatic rings. The molecule has 4 nitrogen and oxygen atoms in total.